The van der Waals surface area contributed by atoms with Crippen LogP contribution in [-0.2, 0) is 4.87 Å². The zero-order chi connectivity index (χ0) is 18.1. The summed E-state index contributed by atoms with van der Waals surface area (Å²) < 4.78 is 10.1. The lowest BCUT2D eigenvalue weighted by molar-refractivity contribution is 0.351. The van der Waals surface area contributed by atoms with Crippen molar-refractivity contribution in [3.05, 3.63) is 28.5 Å². The van der Waals surface area contributed by atoms with Crippen LogP contribution >= 0.6 is 34.7 Å². The van der Waals surface area contributed by atoms with Crippen molar-refractivity contribution in [1.82, 2.24) is 14.3 Å². The lowest BCUT2D eigenvalue weighted by Crippen LogP contribution is -2.28. The molecule has 0 atom stereocenters. The first-order valence-corrected chi connectivity index (χ1v) is 10.4. The monoisotopic (exact) mass is 410 g/mol. The Morgan fingerprint density at radius 1 is 1.27 bits per heavy atom. The number of aromatic nitrogens is 2. The third-order valence-electron chi connectivity index (χ3n) is 4.70. The van der Waals surface area contributed by atoms with Gasteiger partial charge in [-0.1, -0.05) is 11.6 Å². The Balaban J connectivity index is 1.48. The Bertz CT molecular complexity index is 829. The number of ether oxygens (including phenoxy) is 1. The number of aryl methyl sites for hydroxylation is 1. The van der Waals surface area contributed by atoms with Gasteiger partial charge in [0.2, 0.25) is 0 Å². The van der Waals surface area contributed by atoms with Gasteiger partial charge in [-0.3, -0.25) is 0 Å². The normalized spacial score (nSPS) is 19.1. The highest BCUT2D eigenvalue weighted by Gasteiger charge is 2.46. The van der Waals surface area contributed by atoms with Crippen molar-refractivity contribution in [2.75, 3.05) is 13.1 Å². The molecule has 1 aliphatic carbocycles. The summed E-state index contributed by atoms with van der Waals surface area (Å²) in [4.78, 5) is 10.9. The molecule has 138 valence electrons. The minimum atomic E-state index is -0.384. The van der Waals surface area contributed by atoms with Crippen LogP contribution in [0.25, 0.3) is 0 Å². The van der Waals surface area contributed by atoms with E-state index in [1.165, 1.54) is 30.8 Å². The zero-order valence-corrected chi connectivity index (χ0v) is 16.9. The van der Waals surface area contributed by atoms with Crippen LogP contribution < -0.4 is 4.74 Å². The topological polar surface area (TPSA) is 50.6 Å². The van der Waals surface area contributed by atoms with E-state index in [-0.39, 0.29) is 4.87 Å². The van der Waals surface area contributed by atoms with Gasteiger partial charge in [0.1, 0.15) is 10.6 Å². The van der Waals surface area contributed by atoms with E-state index in [1.54, 1.807) is 0 Å². The summed E-state index contributed by atoms with van der Waals surface area (Å²) in [6.45, 7) is 4.13. The first-order valence-electron chi connectivity index (χ1n) is 8.83. The summed E-state index contributed by atoms with van der Waals surface area (Å²) in [6.07, 6.45) is 7.50. The summed E-state index contributed by atoms with van der Waals surface area (Å²) >= 11 is 13.9. The molecule has 1 aromatic heterocycles. The van der Waals surface area contributed by atoms with E-state index < -0.39 is 0 Å². The second-order valence-electron chi connectivity index (χ2n) is 6.86. The Hall–Kier alpha value is -1.37. The number of hydrogen-bond donors (Lipinski definition) is 0. The molecule has 0 unspecified atom stereocenters. The molecule has 26 heavy (non-hydrogen) atoms. The van der Waals surface area contributed by atoms with E-state index in [9.17, 15) is 0 Å². The number of alkyl halides is 1. The summed E-state index contributed by atoms with van der Waals surface area (Å²) in [5.41, 5.74) is 1.85. The zero-order valence-electron chi connectivity index (χ0n) is 14.5. The number of hydrogen-bond acceptors (Lipinski definition) is 5. The molecule has 1 saturated heterocycles. The second kappa shape index (κ2) is 7.33. The highest BCUT2D eigenvalue weighted by molar-refractivity contribution is 7.07. The Kier molecular flexibility index (Phi) is 5.08. The molecule has 0 bridgehead atoms. The minimum Gasteiger partial charge on any atom is -0.428 e. The highest BCUT2D eigenvalue weighted by Crippen LogP contribution is 2.51. The van der Waals surface area contributed by atoms with Gasteiger partial charge in [0.25, 0.3) is 5.19 Å². The number of aliphatic imine (C=N–C) groups is 1. The van der Waals surface area contributed by atoms with Crippen molar-refractivity contribution in [2.24, 2.45) is 4.99 Å². The largest absolute Gasteiger partial charge is 0.428 e. The summed E-state index contributed by atoms with van der Waals surface area (Å²) in [5, 5.41) is 0.961. The van der Waals surface area contributed by atoms with Gasteiger partial charge in [0, 0.05) is 24.6 Å². The molecule has 2 aromatic rings. The van der Waals surface area contributed by atoms with Crippen LogP contribution in [0.5, 0.6) is 10.9 Å². The molecule has 0 amide bonds. The molecule has 2 heterocycles. The van der Waals surface area contributed by atoms with Crippen LogP contribution in [0.15, 0.2) is 17.1 Å². The number of rotatable bonds is 5. The molecule has 4 rings (SSSR count). The van der Waals surface area contributed by atoms with Gasteiger partial charge in [-0.05, 0) is 56.7 Å². The first-order chi connectivity index (χ1) is 12.5. The molecular weight excluding hydrogens is 391 g/mol. The van der Waals surface area contributed by atoms with Gasteiger partial charge in [-0.25, -0.2) is 4.99 Å². The average Bonchev–Trinajstić information content (AvgIpc) is 3.21. The van der Waals surface area contributed by atoms with Gasteiger partial charge in [0.15, 0.2) is 5.82 Å². The second-order valence-corrected chi connectivity index (χ2v) is 8.71. The maximum Gasteiger partial charge on any atom is 0.298 e. The van der Waals surface area contributed by atoms with Gasteiger partial charge >= 0.3 is 0 Å². The number of likely N-dealkylation sites (tertiary alicyclic amines) is 1. The van der Waals surface area contributed by atoms with E-state index in [4.69, 9.17) is 27.9 Å². The van der Waals surface area contributed by atoms with E-state index in [2.05, 4.69) is 19.2 Å². The molecule has 2 aliphatic rings. The van der Waals surface area contributed by atoms with Crippen molar-refractivity contribution >= 4 is 46.8 Å². The third-order valence-corrected chi connectivity index (χ3v) is 6.13. The minimum absolute atomic E-state index is 0.384. The number of benzene rings is 1. The average molecular weight is 411 g/mol. The molecule has 0 N–H and O–H groups in total. The highest BCUT2D eigenvalue weighted by atomic mass is 35.5. The summed E-state index contributed by atoms with van der Waals surface area (Å²) in [6, 6.07) is 3.72. The molecular formula is C18H20Cl2N4OS. The van der Waals surface area contributed by atoms with Gasteiger partial charge in [-0.15, -0.1) is 11.6 Å². The fourth-order valence-electron chi connectivity index (χ4n) is 2.90. The summed E-state index contributed by atoms with van der Waals surface area (Å²) in [7, 11) is 0. The number of nitrogens with zero attached hydrogens (tertiary/aromatic N) is 4. The van der Waals surface area contributed by atoms with Crippen molar-refractivity contribution in [2.45, 2.75) is 43.9 Å². The predicted molar refractivity (Wildman–Crippen MR) is 107 cm³/mol. The van der Waals surface area contributed by atoms with Crippen LogP contribution in [0.3, 0.4) is 0 Å². The van der Waals surface area contributed by atoms with Crippen molar-refractivity contribution in [1.29, 1.82) is 0 Å². The van der Waals surface area contributed by atoms with Crippen molar-refractivity contribution < 1.29 is 4.74 Å². The van der Waals surface area contributed by atoms with E-state index in [0.29, 0.717) is 21.8 Å². The molecule has 2 fully saturated rings. The molecule has 1 aliphatic heterocycles. The number of piperidine rings is 1. The van der Waals surface area contributed by atoms with Crippen molar-refractivity contribution in [3.8, 4) is 10.9 Å². The molecule has 0 radical (unpaired) electrons. The fourth-order valence-corrected chi connectivity index (χ4v) is 3.96. The Labute approximate surface area is 167 Å². The van der Waals surface area contributed by atoms with Crippen LogP contribution in [0.2, 0.25) is 5.02 Å². The lowest BCUT2D eigenvalue weighted by Gasteiger charge is -2.23. The predicted octanol–water partition coefficient (Wildman–Crippen LogP) is 5.67. The van der Waals surface area contributed by atoms with Crippen LogP contribution in [-0.4, -0.2) is 33.7 Å². The van der Waals surface area contributed by atoms with Crippen LogP contribution in [0, 0.1) is 6.92 Å². The fraction of sp³-hybridized carbons (Fsp3) is 0.500. The quantitative estimate of drug-likeness (QED) is 0.362. The first kappa shape index (κ1) is 18.0. The van der Waals surface area contributed by atoms with Crippen LogP contribution in [0.4, 0.5) is 5.69 Å². The molecule has 8 heteroatoms. The maximum absolute atomic E-state index is 6.40. The molecule has 0 spiro atoms. The molecule has 5 nitrogen and oxygen atoms in total. The van der Waals surface area contributed by atoms with Gasteiger partial charge < -0.3 is 9.64 Å². The Morgan fingerprint density at radius 3 is 2.77 bits per heavy atom. The van der Waals surface area contributed by atoms with Crippen LogP contribution in [0.1, 0.15) is 43.5 Å². The third kappa shape index (κ3) is 3.97. The van der Waals surface area contributed by atoms with Gasteiger partial charge in [-0.2, -0.15) is 9.36 Å². The van der Waals surface area contributed by atoms with E-state index in [0.717, 1.165) is 37.2 Å². The summed E-state index contributed by atoms with van der Waals surface area (Å²) in [5.74, 6) is 1.21. The van der Waals surface area contributed by atoms with E-state index in [1.807, 2.05) is 25.4 Å². The standard InChI is InChI=1S/C18H20Cl2N4OS/c1-12-9-15(25-17-22-16(23-26-17)18(20)5-6-18)13(19)10-14(12)21-11-24-7-3-2-4-8-24/h9-11H,2-8H2,1H3/b21-11+. The van der Waals surface area contributed by atoms with Crippen molar-refractivity contribution in [3.63, 3.8) is 0 Å². The van der Waals surface area contributed by atoms with E-state index >= 15 is 0 Å². The maximum atomic E-state index is 6.40. The number of halogens is 2. The molecule has 1 aromatic carbocycles. The molecule has 1 saturated carbocycles. The van der Waals surface area contributed by atoms with Gasteiger partial charge in [0.05, 0.1) is 17.0 Å². The smallest absolute Gasteiger partial charge is 0.298 e. The Morgan fingerprint density at radius 2 is 2.04 bits per heavy atom. The lowest BCUT2D eigenvalue weighted by atomic mass is 10.1. The SMILES string of the molecule is Cc1cc(Oc2nc(C3(Cl)CC3)ns2)c(Cl)cc1/N=C/N1CCCCC1.